The number of piperidine rings is 1. The molecule has 98 valence electrons. The van der Waals surface area contributed by atoms with Crippen molar-refractivity contribution >= 4 is 17.3 Å². The van der Waals surface area contributed by atoms with Crippen LogP contribution in [0.15, 0.2) is 24.3 Å². The Bertz CT molecular complexity index is 396. The zero-order valence-electron chi connectivity index (χ0n) is 10.9. The molecule has 1 aromatic rings. The highest BCUT2D eigenvalue weighted by molar-refractivity contribution is 5.81. The van der Waals surface area contributed by atoms with Crippen molar-refractivity contribution in [1.82, 2.24) is 4.90 Å². The number of likely N-dealkylation sites (N-methyl/N-ethyl adjacent to an activating group) is 1. The molecule has 1 amide bonds. The minimum Gasteiger partial charge on any atom is -0.399 e. The highest BCUT2D eigenvalue weighted by atomic mass is 16.2. The highest BCUT2D eigenvalue weighted by Crippen LogP contribution is 2.15. The lowest BCUT2D eigenvalue weighted by Gasteiger charge is -2.29. The highest BCUT2D eigenvalue weighted by Gasteiger charge is 2.17. The summed E-state index contributed by atoms with van der Waals surface area (Å²) in [6, 6.07) is 7.60. The van der Waals surface area contributed by atoms with Crippen LogP contribution in [0.1, 0.15) is 19.3 Å². The molecule has 0 saturated carbocycles. The van der Waals surface area contributed by atoms with Gasteiger partial charge in [0, 0.05) is 31.5 Å². The molecule has 0 unspecified atom stereocenters. The molecule has 2 N–H and O–H groups in total. The van der Waals surface area contributed by atoms with Crippen molar-refractivity contribution in [1.29, 1.82) is 0 Å². The molecule has 1 heterocycles. The van der Waals surface area contributed by atoms with Gasteiger partial charge in [-0.25, -0.2) is 0 Å². The summed E-state index contributed by atoms with van der Waals surface area (Å²) in [4.78, 5) is 16.0. The number of carbonyl (C=O) groups is 1. The maximum atomic E-state index is 12.1. The molecule has 1 aromatic carbocycles. The van der Waals surface area contributed by atoms with E-state index in [4.69, 9.17) is 5.73 Å². The molecule has 2 rings (SSSR count). The second kappa shape index (κ2) is 5.76. The van der Waals surface area contributed by atoms with Crippen LogP contribution in [0.4, 0.5) is 11.4 Å². The lowest BCUT2D eigenvalue weighted by Crippen LogP contribution is -2.41. The van der Waals surface area contributed by atoms with Gasteiger partial charge >= 0.3 is 0 Å². The average molecular weight is 247 g/mol. The predicted octanol–water partition coefficient (Wildman–Crippen LogP) is 1.72. The van der Waals surface area contributed by atoms with Gasteiger partial charge in [-0.2, -0.15) is 0 Å². The van der Waals surface area contributed by atoms with Gasteiger partial charge in [-0.3, -0.25) is 4.79 Å². The summed E-state index contributed by atoms with van der Waals surface area (Å²) in [5, 5.41) is 0. The van der Waals surface area contributed by atoms with Crippen LogP contribution in [0, 0.1) is 0 Å². The zero-order valence-corrected chi connectivity index (χ0v) is 10.9. The van der Waals surface area contributed by atoms with Gasteiger partial charge in [-0.1, -0.05) is 0 Å². The summed E-state index contributed by atoms with van der Waals surface area (Å²) in [5.41, 5.74) is 7.42. The fraction of sp³-hybridized carbons (Fsp3) is 0.500. The van der Waals surface area contributed by atoms with Gasteiger partial charge in [0.15, 0.2) is 0 Å². The first-order valence-electron chi connectivity index (χ1n) is 6.51. The van der Waals surface area contributed by atoms with Crippen molar-refractivity contribution in [2.75, 3.05) is 37.3 Å². The molecule has 1 aliphatic rings. The third-order valence-corrected chi connectivity index (χ3v) is 3.42. The summed E-state index contributed by atoms with van der Waals surface area (Å²) >= 11 is 0. The van der Waals surface area contributed by atoms with Crippen LogP contribution in [0.5, 0.6) is 0 Å². The third-order valence-electron chi connectivity index (χ3n) is 3.42. The minimum atomic E-state index is 0.217. The number of carbonyl (C=O) groups excluding carboxylic acids is 1. The Hall–Kier alpha value is -1.71. The fourth-order valence-corrected chi connectivity index (χ4v) is 2.27. The van der Waals surface area contributed by atoms with Gasteiger partial charge in [0.2, 0.25) is 5.91 Å². The van der Waals surface area contributed by atoms with E-state index in [-0.39, 0.29) is 5.91 Å². The minimum absolute atomic E-state index is 0.217. The second-order valence-electron chi connectivity index (χ2n) is 4.89. The van der Waals surface area contributed by atoms with Crippen LogP contribution >= 0.6 is 0 Å². The molecule has 4 nitrogen and oxygen atoms in total. The molecule has 0 atom stereocenters. The monoisotopic (exact) mass is 247 g/mol. The van der Waals surface area contributed by atoms with Gasteiger partial charge < -0.3 is 15.5 Å². The van der Waals surface area contributed by atoms with E-state index in [0.717, 1.165) is 37.3 Å². The van der Waals surface area contributed by atoms with Crippen LogP contribution in [-0.2, 0) is 4.79 Å². The summed E-state index contributed by atoms with van der Waals surface area (Å²) in [5.74, 6) is 0.217. The van der Waals surface area contributed by atoms with Gasteiger partial charge in [-0.15, -0.1) is 0 Å². The molecule has 0 bridgehead atoms. The number of hydrogen-bond acceptors (Lipinski definition) is 3. The van der Waals surface area contributed by atoms with Crippen LogP contribution in [0.2, 0.25) is 0 Å². The number of nitrogen functional groups attached to an aromatic ring is 1. The van der Waals surface area contributed by atoms with Crippen molar-refractivity contribution in [3.63, 3.8) is 0 Å². The SMILES string of the molecule is CN(CC(=O)N1CCCCC1)c1ccc(N)cc1. The van der Waals surface area contributed by atoms with E-state index in [1.165, 1.54) is 6.42 Å². The van der Waals surface area contributed by atoms with Crippen molar-refractivity contribution in [3.05, 3.63) is 24.3 Å². The second-order valence-corrected chi connectivity index (χ2v) is 4.89. The number of hydrogen-bond donors (Lipinski definition) is 1. The van der Waals surface area contributed by atoms with Crippen LogP contribution < -0.4 is 10.6 Å². The van der Waals surface area contributed by atoms with E-state index in [0.29, 0.717) is 6.54 Å². The number of nitrogens with zero attached hydrogens (tertiary/aromatic N) is 2. The first-order valence-corrected chi connectivity index (χ1v) is 6.51. The standard InChI is InChI=1S/C14H21N3O/c1-16(13-7-5-12(15)6-8-13)11-14(18)17-9-3-2-4-10-17/h5-8H,2-4,9-11,15H2,1H3. The van der Waals surface area contributed by atoms with Crippen molar-refractivity contribution < 1.29 is 4.79 Å². The summed E-state index contributed by atoms with van der Waals surface area (Å²) in [6.07, 6.45) is 3.52. The molecule has 4 heteroatoms. The van der Waals surface area contributed by atoms with Crippen LogP contribution in [0.3, 0.4) is 0 Å². The predicted molar refractivity (Wildman–Crippen MR) is 74.6 cm³/mol. The maximum absolute atomic E-state index is 12.1. The first-order chi connectivity index (χ1) is 8.66. The van der Waals surface area contributed by atoms with Crippen LogP contribution in [0.25, 0.3) is 0 Å². The van der Waals surface area contributed by atoms with Gasteiger partial charge in [-0.05, 0) is 43.5 Å². The fourth-order valence-electron chi connectivity index (χ4n) is 2.27. The van der Waals surface area contributed by atoms with E-state index in [2.05, 4.69) is 0 Å². The summed E-state index contributed by atoms with van der Waals surface area (Å²) < 4.78 is 0. The van der Waals surface area contributed by atoms with Crippen molar-refractivity contribution in [3.8, 4) is 0 Å². The molecule has 0 spiro atoms. The number of nitrogens with two attached hydrogens (primary N) is 1. The van der Waals surface area contributed by atoms with E-state index in [1.807, 2.05) is 41.1 Å². The molecular weight excluding hydrogens is 226 g/mol. The molecule has 1 aliphatic heterocycles. The van der Waals surface area contributed by atoms with E-state index in [9.17, 15) is 4.79 Å². The molecule has 18 heavy (non-hydrogen) atoms. The number of benzene rings is 1. The smallest absolute Gasteiger partial charge is 0.242 e. The molecule has 0 radical (unpaired) electrons. The molecular formula is C14H21N3O. The van der Waals surface area contributed by atoms with E-state index in [1.54, 1.807) is 0 Å². The maximum Gasteiger partial charge on any atom is 0.242 e. The van der Waals surface area contributed by atoms with E-state index < -0.39 is 0 Å². The Morgan fingerprint density at radius 1 is 1.22 bits per heavy atom. The van der Waals surface area contributed by atoms with Gasteiger partial charge in [0.25, 0.3) is 0 Å². The quantitative estimate of drug-likeness (QED) is 0.827. The lowest BCUT2D eigenvalue weighted by molar-refractivity contribution is -0.130. The Balaban J connectivity index is 1.91. The number of likely N-dealkylation sites (tertiary alicyclic amines) is 1. The Morgan fingerprint density at radius 3 is 2.44 bits per heavy atom. The largest absolute Gasteiger partial charge is 0.399 e. The first kappa shape index (κ1) is 12.7. The zero-order chi connectivity index (χ0) is 13.0. The topological polar surface area (TPSA) is 49.6 Å². The molecule has 1 fully saturated rings. The summed E-state index contributed by atoms with van der Waals surface area (Å²) in [6.45, 7) is 2.26. The van der Waals surface area contributed by atoms with Gasteiger partial charge in [0.05, 0.1) is 6.54 Å². The summed E-state index contributed by atoms with van der Waals surface area (Å²) in [7, 11) is 1.94. The third kappa shape index (κ3) is 3.15. The van der Waals surface area contributed by atoms with Crippen LogP contribution in [-0.4, -0.2) is 37.5 Å². The Kier molecular flexibility index (Phi) is 4.07. The Morgan fingerprint density at radius 2 is 1.83 bits per heavy atom. The number of anilines is 2. The van der Waals surface area contributed by atoms with Crippen molar-refractivity contribution in [2.24, 2.45) is 0 Å². The number of rotatable bonds is 3. The van der Waals surface area contributed by atoms with Gasteiger partial charge in [0.1, 0.15) is 0 Å². The lowest BCUT2D eigenvalue weighted by atomic mass is 10.1. The molecule has 0 aliphatic carbocycles. The average Bonchev–Trinajstić information content (AvgIpc) is 2.40. The molecule has 0 aromatic heterocycles. The van der Waals surface area contributed by atoms with E-state index >= 15 is 0 Å². The Labute approximate surface area is 108 Å². The normalized spacial score (nSPS) is 15.5. The van der Waals surface area contributed by atoms with Crippen molar-refractivity contribution in [2.45, 2.75) is 19.3 Å². The number of amides is 1. The molecule has 1 saturated heterocycles.